The second-order valence-corrected chi connectivity index (χ2v) is 12.8. The third-order valence-corrected chi connectivity index (χ3v) is 8.57. The smallest absolute Gasteiger partial charge is 0.410 e. The summed E-state index contributed by atoms with van der Waals surface area (Å²) in [6.45, 7) is 8.08. The molecule has 2 N–H and O–H groups in total. The number of nitrogens with one attached hydrogen (secondary N) is 2. The Morgan fingerprint density at radius 3 is 2.16 bits per heavy atom. The highest BCUT2D eigenvalue weighted by Gasteiger charge is 2.30. The maximum absolute atomic E-state index is 13.4. The molecule has 0 radical (unpaired) electrons. The lowest BCUT2D eigenvalue weighted by Gasteiger charge is -2.33. The molecular formula is C27H38N4O5S. The van der Waals surface area contributed by atoms with Gasteiger partial charge < -0.3 is 19.9 Å². The summed E-state index contributed by atoms with van der Waals surface area (Å²) < 4.78 is 35.1. The molecule has 10 heteroatoms. The fourth-order valence-corrected chi connectivity index (χ4v) is 6.43. The van der Waals surface area contributed by atoms with Crippen LogP contribution in [-0.2, 0) is 19.6 Å². The first-order valence-electron chi connectivity index (χ1n) is 12.9. The predicted molar refractivity (Wildman–Crippen MR) is 144 cm³/mol. The molecule has 2 saturated heterocycles. The Kier molecular flexibility index (Phi) is 8.11. The molecule has 2 aromatic carbocycles. The van der Waals surface area contributed by atoms with E-state index in [-0.39, 0.29) is 28.9 Å². The van der Waals surface area contributed by atoms with Gasteiger partial charge in [0.15, 0.2) is 0 Å². The molecule has 37 heavy (non-hydrogen) atoms. The van der Waals surface area contributed by atoms with Crippen LogP contribution in [0.4, 0.5) is 10.5 Å². The molecule has 9 nitrogen and oxygen atoms in total. The Labute approximate surface area is 219 Å². The van der Waals surface area contributed by atoms with Crippen LogP contribution in [0.15, 0.2) is 41.3 Å². The number of fused-ring (bicyclic) bond motifs is 1. The van der Waals surface area contributed by atoms with E-state index >= 15 is 0 Å². The number of benzene rings is 2. The number of carbonyl (C=O) groups excluding carboxylic acids is 2. The summed E-state index contributed by atoms with van der Waals surface area (Å²) in [5.74, 6) is -0.0738. The summed E-state index contributed by atoms with van der Waals surface area (Å²) in [5, 5.41) is 4.28. The first kappa shape index (κ1) is 27.3. The van der Waals surface area contributed by atoms with Crippen LogP contribution in [0.2, 0.25) is 0 Å². The van der Waals surface area contributed by atoms with Crippen molar-refractivity contribution in [3.63, 3.8) is 0 Å². The fourth-order valence-electron chi connectivity index (χ4n) is 4.91. The molecule has 202 valence electrons. The maximum atomic E-state index is 13.4. The van der Waals surface area contributed by atoms with E-state index < -0.39 is 15.6 Å². The third-order valence-electron chi connectivity index (χ3n) is 6.99. The van der Waals surface area contributed by atoms with E-state index in [1.165, 1.54) is 0 Å². The minimum atomic E-state index is -3.83. The minimum absolute atomic E-state index is 0.0243. The molecule has 0 aromatic heterocycles. The van der Waals surface area contributed by atoms with Crippen molar-refractivity contribution < 1.29 is 22.7 Å². The SMILES string of the molecule is CN1CCC(C(=O)Nc2ccc(S(=O)(=O)NC3CCN(C(=O)OC(C)(C)C)CC3)c3ccccc23)CC1. The van der Waals surface area contributed by atoms with Gasteiger partial charge in [0.2, 0.25) is 15.9 Å². The number of piperidine rings is 2. The van der Waals surface area contributed by atoms with E-state index in [4.69, 9.17) is 4.74 Å². The van der Waals surface area contributed by atoms with Gasteiger partial charge >= 0.3 is 6.09 Å². The van der Waals surface area contributed by atoms with Crippen molar-refractivity contribution in [2.75, 3.05) is 38.5 Å². The van der Waals surface area contributed by atoms with Gasteiger partial charge in [0, 0.05) is 41.5 Å². The van der Waals surface area contributed by atoms with Gasteiger partial charge in [-0.25, -0.2) is 17.9 Å². The number of ether oxygens (including phenoxy) is 1. The molecule has 2 fully saturated rings. The van der Waals surface area contributed by atoms with Gasteiger partial charge in [0.05, 0.1) is 4.90 Å². The molecule has 4 rings (SSSR count). The number of likely N-dealkylation sites (tertiary alicyclic amines) is 2. The van der Waals surface area contributed by atoms with Gasteiger partial charge in [-0.2, -0.15) is 0 Å². The Hall–Kier alpha value is -2.69. The standard InChI is InChI=1S/C27H38N4O5S/c1-27(2,3)36-26(33)31-17-13-20(14-18-31)29-37(34,35)24-10-9-23(21-7-5-6-8-22(21)24)28-25(32)19-11-15-30(4)16-12-19/h5-10,19-20,29H,11-18H2,1-4H3,(H,28,32). The summed E-state index contributed by atoms with van der Waals surface area (Å²) >= 11 is 0. The molecule has 2 heterocycles. The van der Waals surface area contributed by atoms with Crippen LogP contribution in [-0.4, -0.2) is 75.1 Å². The highest BCUT2D eigenvalue weighted by Crippen LogP contribution is 2.31. The van der Waals surface area contributed by atoms with E-state index in [2.05, 4.69) is 22.0 Å². The summed E-state index contributed by atoms with van der Waals surface area (Å²) in [6, 6.07) is 10.2. The van der Waals surface area contributed by atoms with Crippen LogP contribution in [0.5, 0.6) is 0 Å². The molecule has 0 bridgehead atoms. The quantitative estimate of drug-likeness (QED) is 0.609. The Morgan fingerprint density at radius 1 is 0.919 bits per heavy atom. The number of rotatable bonds is 5. The summed E-state index contributed by atoms with van der Waals surface area (Å²) in [6.07, 6.45) is 2.24. The Bertz CT molecular complexity index is 1240. The van der Waals surface area contributed by atoms with E-state index in [1.54, 1.807) is 29.2 Å². The fraction of sp³-hybridized carbons (Fsp3) is 0.556. The zero-order chi connectivity index (χ0) is 26.8. The second kappa shape index (κ2) is 11.0. The number of amides is 2. The molecular weight excluding hydrogens is 492 g/mol. The van der Waals surface area contributed by atoms with Crippen molar-refractivity contribution in [1.29, 1.82) is 0 Å². The average molecular weight is 531 g/mol. The lowest BCUT2D eigenvalue weighted by molar-refractivity contribution is -0.121. The summed E-state index contributed by atoms with van der Waals surface area (Å²) in [7, 11) is -1.77. The second-order valence-electron chi connectivity index (χ2n) is 11.1. The van der Waals surface area contributed by atoms with Crippen molar-refractivity contribution in [2.45, 2.75) is 63.0 Å². The number of sulfonamides is 1. The van der Waals surface area contributed by atoms with E-state index in [1.807, 2.05) is 32.9 Å². The lowest BCUT2D eigenvalue weighted by Crippen LogP contribution is -2.47. The number of carbonyl (C=O) groups is 2. The average Bonchev–Trinajstić information content (AvgIpc) is 2.83. The number of nitrogens with zero attached hydrogens (tertiary/aromatic N) is 2. The van der Waals surface area contributed by atoms with Crippen molar-refractivity contribution >= 4 is 38.5 Å². The van der Waals surface area contributed by atoms with E-state index in [9.17, 15) is 18.0 Å². The molecule has 0 aliphatic carbocycles. The Balaban J connectivity index is 1.46. The molecule has 2 aliphatic rings. The minimum Gasteiger partial charge on any atom is -0.444 e. The topological polar surface area (TPSA) is 108 Å². The van der Waals surface area contributed by atoms with E-state index in [0.717, 1.165) is 25.9 Å². The van der Waals surface area contributed by atoms with Crippen molar-refractivity contribution in [1.82, 2.24) is 14.5 Å². The monoisotopic (exact) mass is 530 g/mol. The van der Waals surface area contributed by atoms with E-state index in [0.29, 0.717) is 42.4 Å². The van der Waals surface area contributed by atoms with Crippen LogP contribution in [0, 0.1) is 5.92 Å². The molecule has 2 aromatic rings. The number of hydrogen-bond acceptors (Lipinski definition) is 6. The number of hydrogen-bond donors (Lipinski definition) is 2. The van der Waals surface area contributed by atoms with Gasteiger partial charge in [-0.1, -0.05) is 24.3 Å². The molecule has 0 unspecified atom stereocenters. The van der Waals surface area contributed by atoms with Crippen LogP contribution < -0.4 is 10.0 Å². The normalized spacial score (nSPS) is 18.6. The molecule has 2 amide bonds. The molecule has 0 atom stereocenters. The van der Waals surface area contributed by atoms with Crippen LogP contribution in [0.25, 0.3) is 10.8 Å². The highest BCUT2D eigenvalue weighted by atomic mass is 32.2. The van der Waals surface area contributed by atoms with Gasteiger partial charge in [-0.05, 0) is 78.7 Å². The lowest BCUT2D eigenvalue weighted by atomic mass is 9.96. The van der Waals surface area contributed by atoms with Crippen LogP contribution >= 0.6 is 0 Å². The van der Waals surface area contributed by atoms with Crippen LogP contribution in [0.1, 0.15) is 46.5 Å². The largest absolute Gasteiger partial charge is 0.444 e. The van der Waals surface area contributed by atoms with Gasteiger partial charge in [0.1, 0.15) is 5.60 Å². The van der Waals surface area contributed by atoms with Gasteiger partial charge in [0.25, 0.3) is 0 Å². The van der Waals surface area contributed by atoms with Crippen molar-refractivity contribution in [3.8, 4) is 0 Å². The van der Waals surface area contributed by atoms with Crippen LogP contribution in [0.3, 0.4) is 0 Å². The third kappa shape index (κ3) is 6.80. The predicted octanol–water partition coefficient (Wildman–Crippen LogP) is 3.80. The van der Waals surface area contributed by atoms with Gasteiger partial charge in [-0.15, -0.1) is 0 Å². The summed E-state index contributed by atoms with van der Waals surface area (Å²) in [4.78, 5) is 29.3. The summed E-state index contributed by atoms with van der Waals surface area (Å²) in [5.41, 5.74) is 0.0409. The first-order chi connectivity index (χ1) is 17.4. The zero-order valence-corrected chi connectivity index (χ0v) is 22.9. The maximum Gasteiger partial charge on any atom is 0.410 e. The van der Waals surface area contributed by atoms with Crippen molar-refractivity contribution in [2.24, 2.45) is 5.92 Å². The molecule has 2 aliphatic heterocycles. The van der Waals surface area contributed by atoms with Crippen molar-refractivity contribution in [3.05, 3.63) is 36.4 Å². The Morgan fingerprint density at radius 2 is 1.54 bits per heavy atom. The number of anilines is 1. The molecule has 0 spiro atoms. The zero-order valence-electron chi connectivity index (χ0n) is 22.1. The highest BCUT2D eigenvalue weighted by molar-refractivity contribution is 7.89. The molecule has 0 saturated carbocycles. The van der Waals surface area contributed by atoms with Gasteiger partial charge in [-0.3, -0.25) is 4.79 Å². The first-order valence-corrected chi connectivity index (χ1v) is 14.4.